The molecule has 5 aromatic rings. The number of hydrazone groups is 1. The van der Waals surface area contributed by atoms with Gasteiger partial charge in [0.1, 0.15) is 6.61 Å². The lowest BCUT2D eigenvalue weighted by atomic mass is 10.1. The molecule has 10 nitrogen and oxygen atoms in total. The quantitative estimate of drug-likeness (QED) is 0.0830. The molecule has 4 aromatic carbocycles. The number of hydrogen-bond acceptors (Lipinski definition) is 9. The fourth-order valence-corrected chi connectivity index (χ4v) is 5.43. The van der Waals surface area contributed by atoms with Crippen LogP contribution in [-0.2, 0) is 6.61 Å². The number of aryl methyl sites for hydroxylation is 1. The van der Waals surface area contributed by atoms with E-state index in [0.29, 0.717) is 32.7 Å². The molecular formula is C32H26BrN5O5S. The van der Waals surface area contributed by atoms with Gasteiger partial charge in [-0.15, -0.1) is 11.3 Å². The number of benzene rings is 4. The smallest absolute Gasteiger partial charge is 0.271 e. The van der Waals surface area contributed by atoms with E-state index in [1.54, 1.807) is 36.4 Å². The molecule has 0 aliphatic carbocycles. The molecule has 0 saturated carbocycles. The van der Waals surface area contributed by atoms with Crippen LogP contribution < -0.4 is 20.2 Å². The van der Waals surface area contributed by atoms with Gasteiger partial charge in [-0.1, -0.05) is 42.0 Å². The van der Waals surface area contributed by atoms with E-state index in [1.165, 1.54) is 42.4 Å². The molecule has 1 aromatic heterocycles. The molecule has 222 valence electrons. The third-order valence-corrected chi connectivity index (χ3v) is 7.73. The lowest BCUT2D eigenvalue weighted by Crippen LogP contribution is -2.17. The molecule has 0 aliphatic heterocycles. The predicted molar refractivity (Wildman–Crippen MR) is 175 cm³/mol. The van der Waals surface area contributed by atoms with Gasteiger partial charge in [-0.05, 0) is 70.4 Å². The van der Waals surface area contributed by atoms with Gasteiger partial charge in [-0.2, -0.15) is 5.10 Å². The Morgan fingerprint density at radius 3 is 2.59 bits per heavy atom. The average molecular weight is 673 g/mol. The van der Waals surface area contributed by atoms with Crippen molar-refractivity contribution < 1.29 is 19.2 Å². The molecule has 0 aliphatic rings. The molecule has 0 radical (unpaired) electrons. The van der Waals surface area contributed by atoms with E-state index < -0.39 is 4.92 Å². The zero-order valence-electron chi connectivity index (χ0n) is 23.6. The summed E-state index contributed by atoms with van der Waals surface area (Å²) in [6.07, 6.45) is 1.49. The Balaban J connectivity index is 1.18. The van der Waals surface area contributed by atoms with Crippen LogP contribution >= 0.6 is 27.3 Å². The lowest BCUT2D eigenvalue weighted by molar-refractivity contribution is -0.384. The van der Waals surface area contributed by atoms with Crippen molar-refractivity contribution >= 4 is 55.9 Å². The summed E-state index contributed by atoms with van der Waals surface area (Å²) in [6, 6.07) is 24.9. The van der Waals surface area contributed by atoms with Gasteiger partial charge in [0.25, 0.3) is 11.6 Å². The summed E-state index contributed by atoms with van der Waals surface area (Å²) in [7, 11) is 1.50. The van der Waals surface area contributed by atoms with E-state index in [4.69, 9.17) is 9.47 Å². The second-order valence-electron chi connectivity index (χ2n) is 9.56. The monoisotopic (exact) mass is 671 g/mol. The van der Waals surface area contributed by atoms with E-state index in [1.807, 2.05) is 48.7 Å². The Labute approximate surface area is 265 Å². The van der Waals surface area contributed by atoms with E-state index in [9.17, 15) is 14.9 Å². The van der Waals surface area contributed by atoms with Crippen LogP contribution in [0.5, 0.6) is 11.5 Å². The summed E-state index contributed by atoms with van der Waals surface area (Å²) in [5.74, 6) is 0.488. The maximum atomic E-state index is 12.7. The van der Waals surface area contributed by atoms with Gasteiger partial charge in [0.05, 0.1) is 28.4 Å². The average Bonchev–Trinajstić information content (AvgIpc) is 3.50. The van der Waals surface area contributed by atoms with Crippen molar-refractivity contribution in [2.45, 2.75) is 13.5 Å². The molecule has 0 bridgehead atoms. The standard InChI is InChI=1S/C32H26BrN5O5S/c1-20-6-12-25(13-7-20)35-32-36-28(19-44-32)23-8-10-24(11-9-23)31(39)37-34-17-22-15-27(33)30(29(16-22)42-2)43-18-21-4-3-5-26(14-21)38(40)41/h3-17,19H,18H2,1-2H3,(H,35,36)(H,37,39)/b34-17-. The number of hydrogen-bond donors (Lipinski definition) is 2. The van der Waals surface area contributed by atoms with Gasteiger partial charge in [0.2, 0.25) is 0 Å². The molecule has 1 amide bonds. The first-order chi connectivity index (χ1) is 21.3. The number of nitro groups is 1. The first-order valence-electron chi connectivity index (χ1n) is 13.3. The third kappa shape index (κ3) is 7.65. The van der Waals surface area contributed by atoms with Gasteiger partial charge >= 0.3 is 0 Å². The van der Waals surface area contributed by atoms with Crippen molar-refractivity contribution in [3.8, 4) is 22.8 Å². The Morgan fingerprint density at radius 2 is 1.86 bits per heavy atom. The van der Waals surface area contributed by atoms with E-state index >= 15 is 0 Å². The molecule has 0 spiro atoms. The number of thiazole rings is 1. The second kappa shape index (κ2) is 13.9. The van der Waals surface area contributed by atoms with Crippen molar-refractivity contribution in [1.82, 2.24) is 10.4 Å². The van der Waals surface area contributed by atoms with Crippen LogP contribution in [-0.4, -0.2) is 29.1 Å². The van der Waals surface area contributed by atoms with Crippen molar-refractivity contribution in [3.05, 3.63) is 127 Å². The summed E-state index contributed by atoms with van der Waals surface area (Å²) >= 11 is 4.99. The van der Waals surface area contributed by atoms with Gasteiger partial charge < -0.3 is 14.8 Å². The summed E-state index contributed by atoms with van der Waals surface area (Å²) < 4.78 is 12.0. The summed E-state index contributed by atoms with van der Waals surface area (Å²) in [5, 5.41) is 21.2. The van der Waals surface area contributed by atoms with Crippen molar-refractivity contribution in [1.29, 1.82) is 0 Å². The van der Waals surface area contributed by atoms with Crippen molar-refractivity contribution in [2.75, 3.05) is 12.4 Å². The molecule has 0 saturated heterocycles. The van der Waals surface area contributed by atoms with E-state index in [-0.39, 0.29) is 18.2 Å². The minimum Gasteiger partial charge on any atom is -0.493 e. The Morgan fingerprint density at radius 1 is 1.09 bits per heavy atom. The van der Waals surface area contributed by atoms with Gasteiger partial charge in [0.15, 0.2) is 16.6 Å². The highest BCUT2D eigenvalue weighted by Gasteiger charge is 2.13. The number of anilines is 2. The van der Waals surface area contributed by atoms with Crippen LogP contribution in [0, 0.1) is 17.0 Å². The maximum absolute atomic E-state index is 12.7. The van der Waals surface area contributed by atoms with Crippen LogP contribution in [0.2, 0.25) is 0 Å². The molecule has 0 unspecified atom stereocenters. The number of rotatable bonds is 11. The summed E-state index contributed by atoms with van der Waals surface area (Å²) in [6.45, 7) is 2.15. The molecule has 0 atom stereocenters. The number of methoxy groups -OCH3 is 1. The third-order valence-electron chi connectivity index (χ3n) is 6.39. The number of halogens is 1. The first-order valence-corrected chi connectivity index (χ1v) is 14.9. The molecule has 0 fully saturated rings. The number of carbonyl (C=O) groups is 1. The lowest BCUT2D eigenvalue weighted by Gasteiger charge is -2.13. The van der Waals surface area contributed by atoms with Crippen LogP contribution in [0.4, 0.5) is 16.5 Å². The predicted octanol–water partition coefficient (Wildman–Crippen LogP) is 7.88. The Bertz CT molecular complexity index is 1820. The topological polar surface area (TPSA) is 128 Å². The zero-order chi connectivity index (χ0) is 31.1. The van der Waals surface area contributed by atoms with Crippen LogP contribution in [0.15, 0.2) is 99.9 Å². The summed E-state index contributed by atoms with van der Waals surface area (Å²) in [5.41, 5.74) is 8.12. The SMILES string of the molecule is COc1cc(/C=N\NC(=O)c2ccc(-c3csc(Nc4ccc(C)cc4)n3)cc2)cc(Br)c1OCc1cccc([N+](=O)[O-])c1. The minimum absolute atomic E-state index is 0.0122. The van der Waals surface area contributed by atoms with Crippen LogP contribution in [0.1, 0.15) is 27.0 Å². The Kier molecular flexibility index (Phi) is 9.62. The highest BCUT2D eigenvalue weighted by atomic mass is 79.9. The number of nitrogens with one attached hydrogen (secondary N) is 2. The molecule has 1 heterocycles. The fraction of sp³-hybridized carbons (Fsp3) is 0.0938. The highest BCUT2D eigenvalue weighted by Crippen LogP contribution is 2.37. The molecule has 44 heavy (non-hydrogen) atoms. The molecular weight excluding hydrogens is 646 g/mol. The summed E-state index contributed by atoms with van der Waals surface area (Å²) in [4.78, 5) is 27.9. The van der Waals surface area contributed by atoms with Crippen LogP contribution in [0.3, 0.4) is 0 Å². The minimum atomic E-state index is -0.453. The first kappa shape index (κ1) is 30.4. The van der Waals surface area contributed by atoms with E-state index in [0.717, 1.165) is 22.1 Å². The number of nitro benzene ring substituents is 1. The van der Waals surface area contributed by atoms with Gasteiger partial charge in [-0.25, -0.2) is 10.4 Å². The van der Waals surface area contributed by atoms with Crippen molar-refractivity contribution in [2.24, 2.45) is 5.10 Å². The van der Waals surface area contributed by atoms with E-state index in [2.05, 4.69) is 36.8 Å². The second-order valence-corrected chi connectivity index (χ2v) is 11.3. The number of ether oxygens (including phenoxy) is 2. The number of amides is 1. The van der Waals surface area contributed by atoms with Crippen LogP contribution in [0.25, 0.3) is 11.3 Å². The normalized spacial score (nSPS) is 10.9. The van der Waals surface area contributed by atoms with Crippen molar-refractivity contribution in [3.63, 3.8) is 0 Å². The Hall–Kier alpha value is -5.07. The molecule has 5 rings (SSSR count). The largest absolute Gasteiger partial charge is 0.493 e. The van der Waals surface area contributed by atoms with Gasteiger partial charge in [-0.3, -0.25) is 14.9 Å². The molecule has 12 heteroatoms. The molecule has 2 N–H and O–H groups in total. The maximum Gasteiger partial charge on any atom is 0.271 e. The number of carbonyl (C=O) groups excluding carboxylic acids is 1. The highest BCUT2D eigenvalue weighted by molar-refractivity contribution is 9.10. The number of non-ortho nitro benzene ring substituents is 1. The van der Waals surface area contributed by atoms with Gasteiger partial charge in [0, 0.05) is 34.3 Å². The number of nitrogens with zero attached hydrogens (tertiary/aromatic N) is 3. The number of aromatic nitrogens is 1. The fourth-order valence-electron chi connectivity index (χ4n) is 4.12. The zero-order valence-corrected chi connectivity index (χ0v) is 26.0.